The molecule has 6 heteroatoms. The van der Waals surface area contributed by atoms with E-state index in [1.165, 1.54) is 18.3 Å². The van der Waals surface area contributed by atoms with Gasteiger partial charge in [-0.2, -0.15) is 5.26 Å². The summed E-state index contributed by atoms with van der Waals surface area (Å²) < 4.78 is 5.98. The Balaban J connectivity index is 1.77. The van der Waals surface area contributed by atoms with E-state index in [1.807, 2.05) is 73.7 Å². The number of aromatic nitrogens is 1. The van der Waals surface area contributed by atoms with E-state index < -0.39 is 0 Å². The summed E-state index contributed by atoms with van der Waals surface area (Å²) in [6.45, 7) is 3.41. The quantitative estimate of drug-likeness (QED) is 0.570. The van der Waals surface area contributed by atoms with Crippen LogP contribution in [0.1, 0.15) is 24.4 Å². The van der Waals surface area contributed by atoms with Crippen LogP contribution < -0.4 is 10.1 Å². The average Bonchev–Trinajstić information content (AvgIpc) is 3.15. The molecule has 2 aromatic carbocycles. The molecule has 1 aromatic heterocycles. The second-order valence-electron chi connectivity index (χ2n) is 6.86. The number of carbonyl (C=O) groups excluding carboxylic acids is 1. The Morgan fingerprint density at radius 3 is 2.67 bits per heavy atom. The molecule has 148 valence electrons. The summed E-state index contributed by atoms with van der Waals surface area (Å²) >= 11 is 1.29. The van der Waals surface area contributed by atoms with Crippen molar-refractivity contribution in [3.8, 4) is 23.1 Å². The van der Waals surface area contributed by atoms with Crippen molar-refractivity contribution in [2.24, 2.45) is 0 Å². The Hall–Kier alpha value is -3.69. The van der Waals surface area contributed by atoms with Gasteiger partial charge in [-0.1, -0.05) is 59.9 Å². The molecule has 1 aliphatic heterocycles. The first kappa shape index (κ1) is 19.6. The fourth-order valence-electron chi connectivity index (χ4n) is 3.20. The highest BCUT2D eigenvalue weighted by atomic mass is 32.1. The fourth-order valence-corrected chi connectivity index (χ4v) is 4.20. The highest BCUT2D eigenvalue weighted by Crippen LogP contribution is 2.37. The van der Waals surface area contributed by atoms with Gasteiger partial charge in [0.2, 0.25) is 5.91 Å². The molecule has 1 amide bonds. The maximum Gasteiger partial charge on any atom is 0.221 e. The van der Waals surface area contributed by atoms with E-state index in [9.17, 15) is 10.1 Å². The van der Waals surface area contributed by atoms with Crippen molar-refractivity contribution in [1.82, 2.24) is 4.98 Å². The maximum atomic E-state index is 11.7. The first-order valence-corrected chi connectivity index (χ1v) is 10.3. The smallest absolute Gasteiger partial charge is 0.221 e. The van der Waals surface area contributed by atoms with Crippen LogP contribution in [0.5, 0.6) is 5.75 Å². The van der Waals surface area contributed by atoms with Crippen molar-refractivity contribution in [1.29, 1.82) is 5.26 Å². The first-order chi connectivity index (χ1) is 14.5. The highest BCUT2D eigenvalue weighted by molar-refractivity contribution is 7.17. The predicted octanol–water partition coefficient (Wildman–Crippen LogP) is 5.54. The Morgan fingerprint density at radius 1 is 1.20 bits per heavy atom. The number of anilines is 1. The number of hydrogen-bond donors (Lipinski definition) is 1. The van der Waals surface area contributed by atoms with E-state index >= 15 is 0 Å². The molecule has 0 saturated heterocycles. The average molecular weight is 414 g/mol. The molecule has 1 N–H and O–H groups in total. The third kappa shape index (κ3) is 4.02. The third-order valence-corrected chi connectivity index (χ3v) is 5.64. The van der Waals surface area contributed by atoms with Gasteiger partial charge >= 0.3 is 0 Å². The van der Waals surface area contributed by atoms with Crippen LogP contribution >= 0.6 is 11.3 Å². The molecule has 0 aliphatic carbocycles. The van der Waals surface area contributed by atoms with Crippen molar-refractivity contribution in [3.63, 3.8) is 0 Å². The molecule has 0 spiro atoms. The van der Waals surface area contributed by atoms with Gasteiger partial charge in [-0.25, -0.2) is 4.98 Å². The van der Waals surface area contributed by atoms with Crippen LogP contribution in [0, 0.1) is 11.3 Å². The van der Waals surface area contributed by atoms with Crippen LogP contribution in [0.3, 0.4) is 0 Å². The maximum absolute atomic E-state index is 11.7. The van der Waals surface area contributed by atoms with Crippen LogP contribution in [0.2, 0.25) is 0 Å². The molecule has 0 saturated carbocycles. The Morgan fingerprint density at radius 2 is 1.93 bits per heavy atom. The van der Waals surface area contributed by atoms with Crippen molar-refractivity contribution >= 4 is 33.9 Å². The lowest BCUT2D eigenvalue weighted by Gasteiger charge is -2.22. The second kappa shape index (κ2) is 8.36. The molecule has 4 rings (SSSR count). The molecule has 0 fully saturated rings. The van der Waals surface area contributed by atoms with E-state index in [0.717, 1.165) is 22.4 Å². The van der Waals surface area contributed by atoms with E-state index in [-0.39, 0.29) is 12.0 Å². The molecule has 30 heavy (non-hydrogen) atoms. The minimum absolute atomic E-state index is 0.182. The number of thiazole rings is 1. The Bertz CT molecular complexity index is 1200. The van der Waals surface area contributed by atoms with Crippen molar-refractivity contribution in [2.45, 2.75) is 20.0 Å². The van der Waals surface area contributed by atoms with E-state index in [1.54, 1.807) is 0 Å². The molecule has 0 bridgehead atoms. The number of para-hydroxylation sites is 1. The molecule has 3 aromatic rings. The summed E-state index contributed by atoms with van der Waals surface area (Å²) in [5.74, 6) is 0.646. The van der Waals surface area contributed by atoms with Crippen LogP contribution in [0.15, 0.2) is 66.2 Å². The molecule has 0 radical (unpaired) electrons. The normalized spacial score (nSPS) is 15.4. The standard InChI is InChI=1S/C24H19N3O2S/c1-15-19(12-18-10-6-7-11-21(18)29-15)13-20(14-25)23-27-22(17-8-4-3-5-9-17)24(30-23)26-16(2)28/h3-13,15H,1-2H3,(H,26,28). The van der Waals surface area contributed by atoms with E-state index in [4.69, 9.17) is 4.74 Å². The van der Waals surface area contributed by atoms with Gasteiger partial charge in [-0.05, 0) is 30.7 Å². The molecule has 1 unspecified atom stereocenters. The number of nitrogens with zero attached hydrogens (tertiary/aromatic N) is 2. The van der Waals surface area contributed by atoms with Gasteiger partial charge in [0.15, 0.2) is 0 Å². The third-order valence-electron chi connectivity index (χ3n) is 4.64. The number of nitriles is 1. The number of nitrogens with one attached hydrogen (secondary N) is 1. The zero-order valence-electron chi connectivity index (χ0n) is 16.5. The summed E-state index contributed by atoms with van der Waals surface area (Å²) in [5, 5.41) is 13.8. The lowest BCUT2D eigenvalue weighted by atomic mass is 10.0. The molecule has 1 aliphatic rings. The predicted molar refractivity (Wildman–Crippen MR) is 120 cm³/mol. The summed E-state index contributed by atoms with van der Waals surface area (Å²) in [6.07, 6.45) is 3.65. The van der Waals surface area contributed by atoms with Crippen molar-refractivity contribution in [3.05, 3.63) is 76.8 Å². The van der Waals surface area contributed by atoms with Crippen LogP contribution in [0.25, 0.3) is 22.9 Å². The number of rotatable bonds is 4. The lowest BCUT2D eigenvalue weighted by Crippen LogP contribution is -2.17. The van der Waals surface area contributed by atoms with Gasteiger partial charge < -0.3 is 10.1 Å². The SMILES string of the molecule is CC(=O)Nc1sc(C(C#N)=CC2=Cc3ccccc3OC2C)nc1-c1ccccc1. The van der Waals surface area contributed by atoms with Gasteiger partial charge in [0.05, 0.1) is 5.57 Å². The minimum atomic E-state index is -0.188. The summed E-state index contributed by atoms with van der Waals surface area (Å²) in [5.41, 5.74) is 3.82. The number of benzene rings is 2. The van der Waals surface area contributed by atoms with Crippen molar-refractivity contribution < 1.29 is 9.53 Å². The zero-order valence-corrected chi connectivity index (χ0v) is 17.4. The van der Waals surface area contributed by atoms with Gasteiger partial charge in [0, 0.05) is 18.1 Å². The lowest BCUT2D eigenvalue weighted by molar-refractivity contribution is -0.114. The van der Waals surface area contributed by atoms with E-state index in [0.29, 0.717) is 21.3 Å². The summed E-state index contributed by atoms with van der Waals surface area (Å²) in [7, 11) is 0. The highest BCUT2D eigenvalue weighted by Gasteiger charge is 2.20. The molecule has 1 atom stereocenters. The fraction of sp³-hybridized carbons (Fsp3) is 0.125. The second-order valence-corrected chi connectivity index (χ2v) is 7.86. The first-order valence-electron chi connectivity index (χ1n) is 9.48. The molecular weight excluding hydrogens is 394 g/mol. The monoisotopic (exact) mass is 413 g/mol. The van der Waals surface area contributed by atoms with Gasteiger partial charge in [-0.15, -0.1) is 0 Å². The number of ether oxygens (including phenoxy) is 1. The van der Waals surface area contributed by atoms with Crippen LogP contribution in [-0.2, 0) is 4.79 Å². The van der Waals surface area contributed by atoms with Crippen LogP contribution in [0.4, 0.5) is 5.00 Å². The summed E-state index contributed by atoms with van der Waals surface area (Å²) in [4.78, 5) is 16.4. The number of carbonyl (C=O) groups is 1. The molecular formula is C24H19N3O2S. The Kier molecular flexibility index (Phi) is 5.46. The molecule has 5 nitrogen and oxygen atoms in total. The van der Waals surface area contributed by atoms with Gasteiger partial charge in [0.25, 0.3) is 0 Å². The van der Waals surface area contributed by atoms with Gasteiger partial charge in [-0.3, -0.25) is 4.79 Å². The van der Waals surface area contributed by atoms with E-state index in [2.05, 4.69) is 16.4 Å². The largest absolute Gasteiger partial charge is 0.485 e. The zero-order chi connectivity index (χ0) is 21.1. The number of amides is 1. The number of allylic oxidation sites excluding steroid dienone is 1. The number of hydrogen-bond acceptors (Lipinski definition) is 5. The minimum Gasteiger partial charge on any atom is -0.485 e. The summed E-state index contributed by atoms with van der Waals surface area (Å²) in [6, 6.07) is 19.7. The van der Waals surface area contributed by atoms with Crippen molar-refractivity contribution in [2.75, 3.05) is 5.32 Å². The molecule has 2 heterocycles. The number of fused-ring (bicyclic) bond motifs is 1. The van der Waals surface area contributed by atoms with Gasteiger partial charge in [0.1, 0.15) is 33.6 Å². The topological polar surface area (TPSA) is 75.0 Å². The van der Waals surface area contributed by atoms with Crippen LogP contribution in [-0.4, -0.2) is 17.0 Å². The Labute approximate surface area is 179 Å².